The lowest BCUT2D eigenvalue weighted by Gasteiger charge is -2.42. The lowest BCUT2D eigenvalue weighted by atomic mass is 10.1. The van der Waals surface area contributed by atoms with Crippen LogP contribution in [0.5, 0.6) is 0 Å². The van der Waals surface area contributed by atoms with Crippen LogP contribution in [0.3, 0.4) is 0 Å². The third-order valence-corrected chi connectivity index (χ3v) is 6.46. The fourth-order valence-electron chi connectivity index (χ4n) is 4.40. The van der Waals surface area contributed by atoms with Gasteiger partial charge >= 0.3 is 0 Å². The second-order valence-electron chi connectivity index (χ2n) is 9.05. The summed E-state index contributed by atoms with van der Waals surface area (Å²) in [5.74, 6) is -2.94. The molecule has 5 rings (SSSR count). The predicted molar refractivity (Wildman–Crippen MR) is 122 cm³/mol. The van der Waals surface area contributed by atoms with Crippen LogP contribution in [0.4, 0.5) is 14.6 Å². The fraction of sp³-hybridized carbons (Fsp3) is 0.435. The Hall–Kier alpha value is -3.67. The van der Waals surface area contributed by atoms with Gasteiger partial charge in [0.05, 0.1) is 31.4 Å². The molecule has 0 radical (unpaired) electrons. The third-order valence-electron chi connectivity index (χ3n) is 6.46. The molecule has 1 fully saturated rings. The molecule has 2 aliphatic rings. The van der Waals surface area contributed by atoms with Gasteiger partial charge in [0.25, 0.3) is 17.7 Å². The van der Waals surface area contributed by atoms with Gasteiger partial charge in [-0.3, -0.25) is 19.4 Å². The van der Waals surface area contributed by atoms with E-state index < -0.39 is 17.9 Å². The van der Waals surface area contributed by atoms with E-state index >= 15 is 0 Å². The number of rotatable bonds is 6. The first-order chi connectivity index (χ1) is 16.7. The molecule has 184 valence electrons. The van der Waals surface area contributed by atoms with Gasteiger partial charge in [0.1, 0.15) is 18.2 Å². The Balaban J connectivity index is 1.23. The van der Waals surface area contributed by atoms with Gasteiger partial charge in [-0.25, -0.2) is 23.1 Å². The number of nitrogens with zero attached hydrogens (tertiary/aromatic N) is 7. The Morgan fingerprint density at radius 2 is 1.97 bits per heavy atom. The van der Waals surface area contributed by atoms with Crippen molar-refractivity contribution in [3.05, 3.63) is 59.8 Å². The summed E-state index contributed by atoms with van der Waals surface area (Å²) in [5, 5.41) is 11.5. The number of carbonyl (C=O) groups is 2. The molecule has 10 nitrogen and oxygen atoms in total. The zero-order valence-corrected chi connectivity index (χ0v) is 19.4. The zero-order valence-electron chi connectivity index (χ0n) is 19.4. The summed E-state index contributed by atoms with van der Waals surface area (Å²) >= 11 is 0. The second-order valence-corrected chi connectivity index (χ2v) is 9.05. The Bertz CT molecular complexity index is 1230. The van der Waals surface area contributed by atoms with E-state index in [0.29, 0.717) is 31.0 Å². The first-order valence-corrected chi connectivity index (χ1v) is 11.4. The van der Waals surface area contributed by atoms with Crippen molar-refractivity contribution in [1.29, 1.82) is 0 Å². The molecule has 1 N–H and O–H groups in total. The number of fused-ring (bicyclic) bond motifs is 1. The normalized spacial score (nSPS) is 20.6. The molecule has 2 amide bonds. The number of nitrogens with one attached hydrogen (secondary N) is 1. The van der Waals surface area contributed by atoms with Gasteiger partial charge in [-0.15, -0.1) is 5.10 Å². The van der Waals surface area contributed by atoms with E-state index in [1.54, 1.807) is 27.4 Å². The highest BCUT2D eigenvalue weighted by Crippen LogP contribution is 2.35. The predicted octanol–water partition coefficient (Wildman–Crippen LogP) is 1.70. The quantitative estimate of drug-likeness (QED) is 0.572. The number of likely N-dealkylation sites (N-methyl/N-ethyl adjacent to an activating group) is 1. The van der Waals surface area contributed by atoms with Crippen LogP contribution in [0.15, 0.2) is 42.7 Å². The highest BCUT2D eigenvalue weighted by Gasteiger charge is 2.46. The molecule has 0 saturated carbocycles. The van der Waals surface area contributed by atoms with Crippen LogP contribution in [-0.2, 0) is 17.9 Å². The van der Waals surface area contributed by atoms with Crippen LogP contribution >= 0.6 is 0 Å². The molecule has 2 aliphatic heterocycles. The number of likely N-dealkylation sites (tertiary alicyclic amines) is 1. The highest BCUT2D eigenvalue weighted by atomic mass is 19.3. The van der Waals surface area contributed by atoms with Gasteiger partial charge in [0.15, 0.2) is 0 Å². The van der Waals surface area contributed by atoms with Crippen molar-refractivity contribution in [2.75, 3.05) is 25.0 Å². The maximum absolute atomic E-state index is 13.3. The summed E-state index contributed by atoms with van der Waals surface area (Å²) in [4.78, 5) is 33.0. The van der Waals surface area contributed by atoms with E-state index in [9.17, 15) is 18.4 Å². The molecule has 1 saturated heterocycles. The molecule has 0 spiro atoms. The number of hydrogen-bond acceptors (Lipinski definition) is 6. The van der Waals surface area contributed by atoms with E-state index in [1.807, 2.05) is 37.3 Å². The minimum absolute atomic E-state index is 0.0131. The topological polar surface area (TPSA) is 101 Å². The molecular weight excluding hydrogens is 458 g/mol. The molecule has 2 aromatic heterocycles. The average molecular weight is 485 g/mol. The first-order valence-electron chi connectivity index (χ1n) is 11.4. The van der Waals surface area contributed by atoms with Crippen molar-refractivity contribution in [3.63, 3.8) is 0 Å². The number of carbonyl (C=O) groups excluding carboxylic acids is 2. The van der Waals surface area contributed by atoms with Gasteiger partial charge in [0.2, 0.25) is 5.82 Å². The maximum Gasteiger partial charge on any atom is 0.291 e. The summed E-state index contributed by atoms with van der Waals surface area (Å²) in [7, 11) is 1.61. The van der Waals surface area contributed by atoms with Gasteiger partial charge in [-0.2, -0.15) is 5.10 Å². The van der Waals surface area contributed by atoms with E-state index in [4.69, 9.17) is 0 Å². The number of hydrogen-bond donors (Lipinski definition) is 1. The standard InChI is InChI=1S/C23H26F2N8O2/c1-15(31-12-23(24,25)13-31)18-10-19-30(2)22(35)17(8-9-33(19)28-18)27-21(34)20-26-14-32(29-20)11-16-6-4-3-5-7-16/h3-7,10,14-15,17H,8-9,11-13H2,1-2H3,(H,27,34)/t15?,17-/m0/s1. The minimum Gasteiger partial charge on any atom is -0.337 e. The lowest BCUT2D eigenvalue weighted by molar-refractivity contribution is -0.145. The molecule has 0 bridgehead atoms. The molecular formula is C23H26F2N8O2. The van der Waals surface area contributed by atoms with E-state index in [-0.39, 0.29) is 30.9 Å². The van der Waals surface area contributed by atoms with Crippen molar-refractivity contribution in [2.24, 2.45) is 0 Å². The Morgan fingerprint density at radius 3 is 2.69 bits per heavy atom. The number of aromatic nitrogens is 5. The second kappa shape index (κ2) is 8.84. The SMILES string of the molecule is CC(c1cc2n(n1)CC[C@H](NC(=O)c1ncn(Cc3ccccc3)n1)C(=O)N2C)N1CC(F)(F)C1. The number of halogens is 2. The smallest absolute Gasteiger partial charge is 0.291 e. The molecule has 1 aromatic carbocycles. The lowest BCUT2D eigenvalue weighted by Crippen LogP contribution is -2.56. The first kappa shape index (κ1) is 23.1. The molecule has 0 aliphatic carbocycles. The van der Waals surface area contributed by atoms with Crippen LogP contribution in [0.2, 0.25) is 0 Å². The minimum atomic E-state index is -2.66. The summed E-state index contributed by atoms with van der Waals surface area (Å²) in [6, 6.07) is 10.4. The van der Waals surface area contributed by atoms with Gasteiger partial charge in [-0.05, 0) is 18.9 Å². The van der Waals surface area contributed by atoms with Crippen LogP contribution in [0.1, 0.15) is 41.3 Å². The number of alkyl halides is 2. The van der Waals surface area contributed by atoms with Crippen molar-refractivity contribution < 1.29 is 18.4 Å². The summed E-state index contributed by atoms with van der Waals surface area (Å²) in [5.41, 5.74) is 1.65. The number of amides is 2. The Labute approximate surface area is 200 Å². The molecule has 12 heteroatoms. The van der Waals surface area contributed by atoms with Crippen LogP contribution in [0, 0.1) is 0 Å². The summed E-state index contributed by atoms with van der Waals surface area (Å²) in [6.07, 6.45) is 1.80. The van der Waals surface area contributed by atoms with Gasteiger partial charge in [-0.1, -0.05) is 30.3 Å². The summed E-state index contributed by atoms with van der Waals surface area (Å²) in [6.45, 7) is 2.09. The van der Waals surface area contributed by atoms with Crippen LogP contribution in [-0.4, -0.2) is 73.4 Å². The van der Waals surface area contributed by atoms with Gasteiger partial charge in [0, 0.05) is 19.7 Å². The monoisotopic (exact) mass is 484 g/mol. The van der Waals surface area contributed by atoms with E-state index in [0.717, 1.165) is 5.56 Å². The number of benzene rings is 1. The molecule has 35 heavy (non-hydrogen) atoms. The van der Waals surface area contributed by atoms with Crippen molar-refractivity contribution in [3.8, 4) is 0 Å². The summed E-state index contributed by atoms with van der Waals surface area (Å²) < 4.78 is 29.8. The Kier molecular flexibility index (Phi) is 5.83. The van der Waals surface area contributed by atoms with Crippen LogP contribution in [0.25, 0.3) is 0 Å². The largest absolute Gasteiger partial charge is 0.337 e. The van der Waals surface area contributed by atoms with Crippen LogP contribution < -0.4 is 10.2 Å². The molecule has 3 aromatic rings. The third kappa shape index (κ3) is 4.65. The van der Waals surface area contributed by atoms with E-state index in [2.05, 4.69) is 20.5 Å². The zero-order chi connectivity index (χ0) is 24.7. The number of aryl methyl sites for hydroxylation is 1. The van der Waals surface area contributed by atoms with Crippen molar-refractivity contribution in [2.45, 2.75) is 44.4 Å². The maximum atomic E-state index is 13.3. The van der Waals surface area contributed by atoms with Crippen molar-refractivity contribution in [1.82, 2.24) is 34.8 Å². The van der Waals surface area contributed by atoms with Crippen molar-refractivity contribution >= 4 is 17.6 Å². The fourth-order valence-corrected chi connectivity index (χ4v) is 4.40. The Morgan fingerprint density at radius 1 is 1.23 bits per heavy atom. The number of anilines is 1. The van der Waals surface area contributed by atoms with E-state index in [1.165, 1.54) is 11.2 Å². The molecule has 4 heterocycles. The van der Waals surface area contributed by atoms with Gasteiger partial charge < -0.3 is 5.32 Å². The molecule has 2 atom stereocenters. The highest BCUT2D eigenvalue weighted by molar-refractivity contribution is 6.00. The average Bonchev–Trinajstić information content (AvgIpc) is 3.44. The molecule has 1 unspecified atom stereocenters.